The summed E-state index contributed by atoms with van der Waals surface area (Å²) < 4.78 is 2.25. The number of carbonyl (C=O) groups is 1. The fourth-order valence-electron chi connectivity index (χ4n) is 4.61. The van der Waals surface area contributed by atoms with Gasteiger partial charge in [-0.2, -0.15) is 0 Å². The summed E-state index contributed by atoms with van der Waals surface area (Å²) in [5.74, 6) is 1.06. The molecule has 162 valence electrons. The molecule has 1 N–H and O–H groups in total. The van der Waals surface area contributed by atoms with Crippen molar-refractivity contribution in [1.82, 2.24) is 24.6 Å². The summed E-state index contributed by atoms with van der Waals surface area (Å²) in [6, 6.07) is 17.1. The molecule has 32 heavy (non-hydrogen) atoms. The van der Waals surface area contributed by atoms with Crippen LogP contribution in [0.4, 0.5) is 0 Å². The third-order valence-electron chi connectivity index (χ3n) is 6.48. The molecule has 1 aliphatic carbocycles. The second-order valence-electron chi connectivity index (χ2n) is 8.69. The molecule has 2 aromatic heterocycles. The summed E-state index contributed by atoms with van der Waals surface area (Å²) in [7, 11) is 0. The van der Waals surface area contributed by atoms with Crippen LogP contribution in [0.15, 0.2) is 59.9 Å². The number of benzene rings is 2. The van der Waals surface area contributed by atoms with Gasteiger partial charge in [0.25, 0.3) is 0 Å². The van der Waals surface area contributed by atoms with Crippen LogP contribution in [0.25, 0.3) is 22.3 Å². The van der Waals surface area contributed by atoms with E-state index in [1.165, 1.54) is 22.9 Å². The zero-order valence-electron chi connectivity index (χ0n) is 18.0. The molecule has 0 saturated heterocycles. The van der Waals surface area contributed by atoms with E-state index >= 15 is 0 Å². The molecule has 7 heteroatoms. The molecule has 2 aliphatic rings. The van der Waals surface area contributed by atoms with Gasteiger partial charge in [0.1, 0.15) is 0 Å². The third kappa shape index (κ3) is 3.41. The van der Waals surface area contributed by atoms with Gasteiger partial charge >= 0.3 is 0 Å². The van der Waals surface area contributed by atoms with Crippen LogP contribution in [-0.4, -0.2) is 42.4 Å². The number of rotatable bonds is 5. The number of nitrogens with one attached hydrogen (secondary N) is 1. The standard InChI is InChI=1S/C25H25N5OS/c1-16(24(31)29-13-12-17-6-2-3-7-18(17)15-29)32-25-28-27-23(30(25)19-10-11-19)21-14-26-22-9-5-4-8-20(21)22/h2-9,14,16,19,26H,10-13,15H2,1H3. The molecule has 1 fully saturated rings. The van der Waals surface area contributed by atoms with Gasteiger partial charge < -0.3 is 9.88 Å². The van der Waals surface area contributed by atoms with E-state index in [1.54, 1.807) is 0 Å². The Morgan fingerprint density at radius 1 is 1.09 bits per heavy atom. The van der Waals surface area contributed by atoms with E-state index in [-0.39, 0.29) is 11.2 Å². The van der Waals surface area contributed by atoms with E-state index in [2.05, 4.69) is 56.1 Å². The number of para-hydroxylation sites is 1. The summed E-state index contributed by atoms with van der Waals surface area (Å²) in [5, 5.41) is 10.9. The summed E-state index contributed by atoms with van der Waals surface area (Å²) in [4.78, 5) is 18.6. The SMILES string of the molecule is CC(Sc1nnc(-c2c[nH]c3ccccc23)n1C1CC1)C(=O)N1CCc2ccccc2C1. The number of amides is 1. The van der Waals surface area contributed by atoms with E-state index in [1.807, 2.05) is 30.2 Å². The van der Waals surface area contributed by atoms with Crippen molar-refractivity contribution in [3.8, 4) is 11.4 Å². The zero-order chi connectivity index (χ0) is 21.7. The van der Waals surface area contributed by atoms with Crippen LogP contribution in [0.3, 0.4) is 0 Å². The molecule has 1 unspecified atom stereocenters. The highest BCUT2D eigenvalue weighted by atomic mass is 32.2. The van der Waals surface area contributed by atoms with Crippen molar-refractivity contribution in [2.24, 2.45) is 0 Å². The van der Waals surface area contributed by atoms with Gasteiger partial charge in [-0.25, -0.2) is 0 Å². The molecule has 0 bridgehead atoms. The van der Waals surface area contributed by atoms with E-state index < -0.39 is 0 Å². The van der Waals surface area contributed by atoms with Gasteiger partial charge in [0.05, 0.1) is 5.25 Å². The van der Waals surface area contributed by atoms with Crippen molar-refractivity contribution in [2.45, 2.75) is 49.2 Å². The summed E-state index contributed by atoms with van der Waals surface area (Å²) in [6.07, 6.45) is 5.20. The van der Waals surface area contributed by atoms with Gasteiger partial charge in [0.15, 0.2) is 11.0 Å². The molecule has 6 rings (SSSR count). The number of H-pyrrole nitrogens is 1. The lowest BCUT2D eigenvalue weighted by molar-refractivity contribution is -0.131. The number of aromatic amines is 1. The third-order valence-corrected chi connectivity index (χ3v) is 7.52. The van der Waals surface area contributed by atoms with Crippen LogP contribution in [0.5, 0.6) is 0 Å². The fourth-order valence-corrected chi connectivity index (χ4v) is 5.61. The number of hydrogen-bond acceptors (Lipinski definition) is 4. The Morgan fingerprint density at radius 3 is 2.72 bits per heavy atom. The fraction of sp³-hybridized carbons (Fsp3) is 0.320. The van der Waals surface area contributed by atoms with Crippen molar-refractivity contribution in [1.29, 1.82) is 0 Å². The maximum atomic E-state index is 13.3. The molecule has 3 heterocycles. The average Bonchev–Trinajstić information content (AvgIpc) is 3.45. The smallest absolute Gasteiger partial charge is 0.236 e. The molecule has 1 atom stereocenters. The number of carbonyl (C=O) groups excluding carboxylic acids is 1. The first-order valence-corrected chi connectivity index (χ1v) is 12.1. The van der Waals surface area contributed by atoms with Crippen LogP contribution in [0, 0.1) is 0 Å². The number of fused-ring (bicyclic) bond motifs is 2. The van der Waals surface area contributed by atoms with Gasteiger partial charge in [0, 0.05) is 41.8 Å². The van der Waals surface area contributed by atoms with Gasteiger partial charge in [-0.1, -0.05) is 54.2 Å². The normalized spacial score (nSPS) is 16.8. The molecule has 1 aliphatic heterocycles. The van der Waals surface area contributed by atoms with Crippen LogP contribution in [0.1, 0.15) is 36.9 Å². The molecule has 1 saturated carbocycles. The van der Waals surface area contributed by atoms with Gasteiger partial charge in [-0.15, -0.1) is 10.2 Å². The maximum absolute atomic E-state index is 13.3. The minimum Gasteiger partial charge on any atom is -0.360 e. The minimum absolute atomic E-state index is 0.170. The minimum atomic E-state index is -0.210. The predicted molar refractivity (Wildman–Crippen MR) is 126 cm³/mol. The Hall–Kier alpha value is -3.06. The van der Waals surface area contributed by atoms with Crippen molar-refractivity contribution >= 4 is 28.6 Å². The molecule has 6 nitrogen and oxygen atoms in total. The Labute approximate surface area is 191 Å². The molecule has 1 amide bonds. The van der Waals surface area contributed by atoms with E-state index in [0.29, 0.717) is 12.6 Å². The van der Waals surface area contributed by atoms with Crippen LogP contribution >= 0.6 is 11.8 Å². The van der Waals surface area contributed by atoms with Crippen molar-refractivity contribution in [3.63, 3.8) is 0 Å². The highest BCUT2D eigenvalue weighted by Crippen LogP contribution is 2.43. The van der Waals surface area contributed by atoms with Crippen LogP contribution < -0.4 is 0 Å². The lowest BCUT2D eigenvalue weighted by Crippen LogP contribution is -2.40. The molecule has 0 radical (unpaired) electrons. The number of hydrogen-bond donors (Lipinski definition) is 1. The van der Waals surface area contributed by atoms with E-state index in [9.17, 15) is 4.79 Å². The van der Waals surface area contributed by atoms with Crippen LogP contribution in [-0.2, 0) is 17.8 Å². The van der Waals surface area contributed by atoms with Crippen molar-refractivity contribution < 1.29 is 4.79 Å². The molecule has 4 aromatic rings. The first kappa shape index (κ1) is 19.6. The quantitative estimate of drug-likeness (QED) is 0.449. The lowest BCUT2D eigenvalue weighted by atomic mass is 10.00. The van der Waals surface area contributed by atoms with E-state index in [4.69, 9.17) is 0 Å². The van der Waals surface area contributed by atoms with Gasteiger partial charge in [-0.05, 0) is 43.4 Å². The highest BCUT2D eigenvalue weighted by molar-refractivity contribution is 8.00. The Kier molecular flexibility index (Phi) is 4.79. The second kappa shape index (κ2) is 7.81. The number of thioether (sulfide) groups is 1. The lowest BCUT2D eigenvalue weighted by Gasteiger charge is -2.30. The Bertz CT molecular complexity index is 1300. The predicted octanol–water partition coefficient (Wildman–Crippen LogP) is 4.83. The first-order chi connectivity index (χ1) is 15.7. The molecule has 2 aromatic carbocycles. The largest absolute Gasteiger partial charge is 0.360 e. The summed E-state index contributed by atoms with van der Waals surface area (Å²) in [5.41, 5.74) is 4.77. The number of aromatic nitrogens is 4. The Morgan fingerprint density at radius 2 is 1.88 bits per heavy atom. The molecule has 0 spiro atoms. The second-order valence-corrected chi connectivity index (χ2v) is 10.0. The van der Waals surface area contributed by atoms with Crippen LogP contribution in [0.2, 0.25) is 0 Å². The first-order valence-electron chi connectivity index (χ1n) is 11.2. The maximum Gasteiger partial charge on any atom is 0.236 e. The molecular formula is C25H25N5OS. The molecular weight excluding hydrogens is 418 g/mol. The van der Waals surface area contributed by atoms with E-state index in [0.717, 1.165) is 53.3 Å². The van der Waals surface area contributed by atoms with Gasteiger partial charge in [0.2, 0.25) is 5.91 Å². The van der Waals surface area contributed by atoms with Crippen molar-refractivity contribution in [2.75, 3.05) is 6.54 Å². The summed E-state index contributed by atoms with van der Waals surface area (Å²) >= 11 is 1.53. The summed E-state index contributed by atoms with van der Waals surface area (Å²) in [6.45, 7) is 3.46. The zero-order valence-corrected chi connectivity index (χ0v) is 18.8. The Balaban J connectivity index is 1.26. The van der Waals surface area contributed by atoms with Crippen molar-refractivity contribution in [3.05, 3.63) is 65.9 Å². The average molecular weight is 444 g/mol. The highest BCUT2D eigenvalue weighted by Gasteiger charge is 2.33. The number of nitrogens with zero attached hydrogens (tertiary/aromatic N) is 4. The van der Waals surface area contributed by atoms with Gasteiger partial charge in [-0.3, -0.25) is 9.36 Å². The monoisotopic (exact) mass is 443 g/mol. The topological polar surface area (TPSA) is 66.8 Å².